The summed E-state index contributed by atoms with van der Waals surface area (Å²) in [5.74, 6) is -0.643. The lowest BCUT2D eigenvalue weighted by Crippen LogP contribution is -2.06. The predicted octanol–water partition coefficient (Wildman–Crippen LogP) is 1.55. The van der Waals surface area contributed by atoms with Crippen LogP contribution < -0.4 is 0 Å². The molecule has 0 aliphatic heterocycles. The van der Waals surface area contributed by atoms with Gasteiger partial charge in [0, 0.05) is 6.26 Å². The zero-order valence-corrected chi connectivity index (χ0v) is 9.92. The van der Waals surface area contributed by atoms with E-state index in [1.807, 2.05) is 0 Å². The van der Waals surface area contributed by atoms with Gasteiger partial charge >= 0.3 is 0 Å². The van der Waals surface area contributed by atoms with Gasteiger partial charge in [-0.15, -0.1) is 0 Å². The van der Waals surface area contributed by atoms with E-state index in [1.165, 1.54) is 18.2 Å². The van der Waals surface area contributed by atoms with E-state index in [9.17, 15) is 17.6 Å². The SMILES string of the molecule is CS(=O)(=O)c1cc(F)cc(C2(N=C=O)CC2)c1. The standard InChI is InChI=1S/C11H10FNO3S/c1-17(15,16)10-5-8(4-9(12)6-10)11(2-3-11)13-7-14/h4-6H,2-3H2,1H3. The van der Waals surface area contributed by atoms with Crippen LogP contribution in [0.1, 0.15) is 18.4 Å². The summed E-state index contributed by atoms with van der Waals surface area (Å²) in [4.78, 5) is 13.8. The van der Waals surface area contributed by atoms with Crippen molar-refractivity contribution in [2.24, 2.45) is 4.99 Å². The fourth-order valence-electron chi connectivity index (χ4n) is 1.72. The minimum absolute atomic E-state index is 0.0973. The smallest absolute Gasteiger partial charge is 0.224 e. The highest BCUT2D eigenvalue weighted by Gasteiger charge is 2.45. The lowest BCUT2D eigenvalue weighted by atomic mass is 10.1. The average Bonchev–Trinajstić information content (AvgIpc) is 2.97. The van der Waals surface area contributed by atoms with Crippen LogP contribution in [0.5, 0.6) is 0 Å². The van der Waals surface area contributed by atoms with Crippen molar-refractivity contribution in [2.75, 3.05) is 6.26 Å². The zero-order chi connectivity index (χ0) is 12.7. The molecule has 1 aromatic carbocycles. The second-order valence-electron chi connectivity index (χ2n) is 4.18. The molecule has 90 valence electrons. The summed E-state index contributed by atoms with van der Waals surface area (Å²) in [7, 11) is -3.48. The van der Waals surface area contributed by atoms with Gasteiger partial charge in [-0.3, -0.25) is 0 Å². The van der Waals surface area contributed by atoms with Crippen LogP contribution >= 0.6 is 0 Å². The van der Waals surface area contributed by atoms with Crippen molar-refractivity contribution in [3.05, 3.63) is 29.6 Å². The molecule has 0 radical (unpaired) electrons. The highest BCUT2D eigenvalue weighted by molar-refractivity contribution is 7.90. The Bertz CT molecular complexity index is 614. The van der Waals surface area contributed by atoms with Crippen LogP contribution in [-0.4, -0.2) is 20.8 Å². The molecule has 1 aromatic rings. The molecule has 0 amide bonds. The van der Waals surface area contributed by atoms with Crippen molar-refractivity contribution in [1.29, 1.82) is 0 Å². The minimum atomic E-state index is -3.48. The Morgan fingerprint density at radius 3 is 2.47 bits per heavy atom. The molecule has 1 fully saturated rings. The first-order valence-corrected chi connectivity index (χ1v) is 6.87. The number of rotatable bonds is 3. The Balaban J connectivity index is 2.58. The molecule has 0 bridgehead atoms. The molecule has 1 aliphatic rings. The van der Waals surface area contributed by atoms with Gasteiger partial charge in [-0.2, -0.15) is 4.99 Å². The Morgan fingerprint density at radius 2 is 2.00 bits per heavy atom. The molecule has 2 rings (SSSR count). The fourth-order valence-corrected chi connectivity index (χ4v) is 2.38. The van der Waals surface area contributed by atoms with Crippen LogP contribution in [0.3, 0.4) is 0 Å². The second kappa shape index (κ2) is 3.75. The van der Waals surface area contributed by atoms with E-state index >= 15 is 0 Å². The van der Waals surface area contributed by atoms with E-state index in [0.29, 0.717) is 18.4 Å². The van der Waals surface area contributed by atoms with E-state index in [4.69, 9.17) is 0 Å². The third-order valence-electron chi connectivity index (χ3n) is 2.82. The van der Waals surface area contributed by atoms with Crippen molar-refractivity contribution in [1.82, 2.24) is 0 Å². The van der Waals surface area contributed by atoms with Gasteiger partial charge in [-0.1, -0.05) is 0 Å². The molecule has 1 aliphatic carbocycles. The van der Waals surface area contributed by atoms with Gasteiger partial charge in [-0.25, -0.2) is 17.6 Å². The fraction of sp³-hybridized carbons (Fsp3) is 0.364. The molecule has 0 atom stereocenters. The van der Waals surface area contributed by atoms with Crippen molar-refractivity contribution < 1.29 is 17.6 Å². The predicted molar refractivity (Wildman–Crippen MR) is 58.5 cm³/mol. The van der Waals surface area contributed by atoms with E-state index in [-0.39, 0.29) is 4.90 Å². The minimum Gasteiger partial charge on any atom is -0.224 e. The van der Waals surface area contributed by atoms with E-state index in [2.05, 4.69) is 4.99 Å². The van der Waals surface area contributed by atoms with Crippen molar-refractivity contribution in [3.8, 4) is 0 Å². The van der Waals surface area contributed by atoms with Crippen LogP contribution in [0.15, 0.2) is 28.1 Å². The number of isocyanates is 1. The molecule has 0 heterocycles. The van der Waals surface area contributed by atoms with Crippen molar-refractivity contribution in [3.63, 3.8) is 0 Å². The van der Waals surface area contributed by atoms with Crippen LogP contribution in [-0.2, 0) is 20.2 Å². The first-order chi connectivity index (χ1) is 7.87. The van der Waals surface area contributed by atoms with Gasteiger partial charge in [0.15, 0.2) is 9.84 Å². The maximum Gasteiger partial charge on any atom is 0.235 e. The van der Waals surface area contributed by atoms with Crippen LogP contribution in [0.4, 0.5) is 4.39 Å². The molecule has 0 aromatic heterocycles. The summed E-state index contributed by atoms with van der Waals surface area (Å²) in [5.41, 5.74) is -0.343. The summed E-state index contributed by atoms with van der Waals surface area (Å²) in [5, 5.41) is 0. The van der Waals surface area contributed by atoms with Crippen molar-refractivity contribution >= 4 is 15.9 Å². The molecule has 0 N–H and O–H groups in total. The van der Waals surface area contributed by atoms with Gasteiger partial charge < -0.3 is 0 Å². The molecular weight excluding hydrogens is 245 g/mol. The van der Waals surface area contributed by atoms with Gasteiger partial charge in [-0.05, 0) is 36.6 Å². The quantitative estimate of drug-likeness (QED) is 0.608. The first kappa shape index (κ1) is 12.0. The largest absolute Gasteiger partial charge is 0.235 e. The third-order valence-corrected chi connectivity index (χ3v) is 3.91. The summed E-state index contributed by atoms with van der Waals surface area (Å²) in [6, 6.07) is 3.54. The lowest BCUT2D eigenvalue weighted by Gasteiger charge is -2.10. The maximum absolute atomic E-state index is 13.4. The third kappa shape index (κ3) is 2.28. The lowest BCUT2D eigenvalue weighted by molar-refractivity contribution is 0.555. The van der Waals surface area contributed by atoms with Crippen LogP contribution in [0.25, 0.3) is 0 Å². The van der Waals surface area contributed by atoms with Gasteiger partial charge in [0.1, 0.15) is 5.82 Å². The van der Waals surface area contributed by atoms with Crippen LogP contribution in [0.2, 0.25) is 0 Å². The molecule has 17 heavy (non-hydrogen) atoms. The number of nitrogens with zero attached hydrogens (tertiary/aromatic N) is 1. The number of aliphatic imine (C=N–C) groups is 1. The van der Waals surface area contributed by atoms with Gasteiger partial charge in [0.05, 0.1) is 10.4 Å². The number of sulfone groups is 1. The highest BCUT2D eigenvalue weighted by Crippen LogP contribution is 2.49. The monoisotopic (exact) mass is 255 g/mol. The van der Waals surface area contributed by atoms with Crippen LogP contribution in [0, 0.1) is 5.82 Å². The molecule has 1 saturated carbocycles. The Hall–Kier alpha value is -1.52. The summed E-state index contributed by atoms with van der Waals surface area (Å²) in [6.07, 6.45) is 3.67. The molecule has 0 spiro atoms. The Kier molecular flexibility index (Phi) is 2.64. The summed E-state index contributed by atoms with van der Waals surface area (Å²) >= 11 is 0. The second-order valence-corrected chi connectivity index (χ2v) is 6.20. The van der Waals surface area contributed by atoms with E-state index in [1.54, 1.807) is 0 Å². The zero-order valence-electron chi connectivity index (χ0n) is 9.10. The van der Waals surface area contributed by atoms with Gasteiger partial charge in [0.25, 0.3) is 0 Å². The van der Waals surface area contributed by atoms with E-state index in [0.717, 1.165) is 12.3 Å². The number of hydrogen-bond donors (Lipinski definition) is 0. The Morgan fingerprint density at radius 1 is 1.35 bits per heavy atom. The molecule has 4 nitrogen and oxygen atoms in total. The molecular formula is C11H10FNO3S. The molecule has 0 saturated heterocycles. The first-order valence-electron chi connectivity index (χ1n) is 4.98. The number of benzene rings is 1. The highest BCUT2D eigenvalue weighted by atomic mass is 32.2. The topological polar surface area (TPSA) is 63.6 Å². The average molecular weight is 255 g/mol. The summed E-state index contributed by atoms with van der Waals surface area (Å²) in [6.45, 7) is 0. The molecule has 0 unspecified atom stereocenters. The Labute approximate surface area is 98.1 Å². The maximum atomic E-state index is 13.4. The number of halogens is 1. The van der Waals surface area contributed by atoms with E-state index < -0.39 is 21.2 Å². The normalized spacial score (nSPS) is 17.3. The van der Waals surface area contributed by atoms with Gasteiger partial charge in [0.2, 0.25) is 6.08 Å². The van der Waals surface area contributed by atoms with Crippen molar-refractivity contribution in [2.45, 2.75) is 23.3 Å². The number of hydrogen-bond acceptors (Lipinski definition) is 4. The summed E-state index contributed by atoms with van der Waals surface area (Å²) < 4.78 is 36.1. The molecule has 6 heteroatoms. The number of carbonyl (C=O) groups excluding carboxylic acids is 1.